The van der Waals surface area contributed by atoms with Gasteiger partial charge in [0.2, 0.25) is 5.95 Å². The molecule has 6 heteroatoms. The minimum atomic E-state index is 0.387. The maximum atomic E-state index is 5.97. The molecule has 1 unspecified atom stereocenters. The van der Waals surface area contributed by atoms with Gasteiger partial charge in [0, 0.05) is 17.8 Å². The molecule has 5 nitrogen and oxygen atoms in total. The molecule has 0 radical (unpaired) electrons. The van der Waals surface area contributed by atoms with Crippen molar-refractivity contribution in [2.45, 2.75) is 43.7 Å². The summed E-state index contributed by atoms with van der Waals surface area (Å²) in [4.78, 5) is 4.50. The third kappa shape index (κ3) is 2.15. The van der Waals surface area contributed by atoms with Crippen LogP contribution in [0.5, 0.6) is 0 Å². The molecule has 1 atom stereocenters. The van der Waals surface area contributed by atoms with E-state index >= 15 is 0 Å². The molecule has 2 aliphatic rings. The largest absolute Gasteiger partial charge is 0.350 e. The monoisotopic (exact) mass is 291 g/mol. The van der Waals surface area contributed by atoms with Crippen LogP contribution >= 0.6 is 11.6 Å². The van der Waals surface area contributed by atoms with Crippen LogP contribution in [0, 0.1) is 0 Å². The van der Waals surface area contributed by atoms with Crippen molar-refractivity contribution in [3.05, 3.63) is 23.4 Å². The maximum absolute atomic E-state index is 5.97. The summed E-state index contributed by atoms with van der Waals surface area (Å²) >= 11 is 5.97. The first-order valence-corrected chi connectivity index (χ1v) is 7.64. The molecule has 2 aromatic heterocycles. The first-order valence-electron chi connectivity index (χ1n) is 7.26. The van der Waals surface area contributed by atoms with Crippen molar-refractivity contribution < 1.29 is 0 Å². The zero-order valence-corrected chi connectivity index (χ0v) is 12.0. The van der Waals surface area contributed by atoms with E-state index in [4.69, 9.17) is 11.6 Å². The molecule has 1 saturated heterocycles. The highest BCUT2D eigenvalue weighted by Crippen LogP contribution is 2.38. The predicted octanol–water partition coefficient (Wildman–Crippen LogP) is 2.47. The highest BCUT2D eigenvalue weighted by atomic mass is 35.5. The Labute approximate surface area is 122 Å². The van der Waals surface area contributed by atoms with E-state index in [0.29, 0.717) is 22.6 Å². The van der Waals surface area contributed by atoms with Gasteiger partial charge in [0.15, 0.2) is 5.65 Å². The van der Waals surface area contributed by atoms with Crippen molar-refractivity contribution in [2.75, 3.05) is 11.9 Å². The number of pyridine rings is 1. The molecule has 4 rings (SSSR count). The van der Waals surface area contributed by atoms with Crippen LogP contribution in [0.2, 0.25) is 5.02 Å². The number of aromatic nitrogens is 3. The number of anilines is 1. The van der Waals surface area contributed by atoms with E-state index < -0.39 is 0 Å². The van der Waals surface area contributed by atoms with Crippen molar-refractivity contribution >= 4 is 23.2 Å². The minimum Gasteiger partial charge on any atom is -0.350 e. The molecule has 0 amide bonds. The van der Waals surface area contributed by atoms with Gasteiger partial charge >= 0.3 is 0 Å². The number of halogens is 1. The molecule has 1 aliphatic heterocycles. The predicted molar refractivity (Wildman–Crippen MR) is 79.2 cm³/mol. The topological polar surface area (TPSA) is 54.2 Å². The van der Waals surface area contributed by atoms with Gasteiger partial charge in [-0.15, -0.1) is 5.10 Å². The molecular formula is C14H18ClN5. The average Bonchev–Trinajstić information content (AvgIpc) is 2.78. The lowest BCUT2D eigenvalue weighted by Gasteiger charge is -2.48. The number of hydrogen-bond acceptors (Lipinski definition) is 4. The molecule has 1 spiro atoms. The van der Waals surface area contributed by atoms with Gasteiger partial charge < -0.3 is 10.6 Å². The van der Waals surface area contributed by atoms with Crippen LogP contribution in [-0.4, -0.2) is 32.7 Å². The SMILES string of the molecule is Clc1ccc2nc(NC3CCNC4(CCC4)C3)nn2c1. The molecule has 106 valence electrons. The summed E-state index contributed by atoms with van der Waals surface area (Å²) in [6, 6.07) is 4.18. The zero-order chi connectivity index (χ0) is 13.6. The van der Waals surface area contributed by atoms with Gasteiger partial charge in [-0.05, 0) is 50.8 Å². The minimum absolute atomic E-state index is 0.387. The van der Waals surface area contributed by atoms with E-state index in [1.807, 2.05) is 12.1 Å². The molecule has 2 fully saturated rings. The third-order valence-electron chi connectivity index (χ3n) is 4.57. The molecule has 0 bridgehead atoms. The van der Waals surface area contributed by atoms with E-state index in [1.54, 1.807) is 10.7 Å². The lowest BCUT2D eigenvalue weighted by atomic mass is 9.70. The summed E-state index contributed by atoms with van der Waals surface area (Å²) in [5.74, 6) is 0.702. The van der Waals surface area contributed by atoms with E-state index in [-0.39, 0.29) is 0 Å². The summed E-state index contributed by atoms with van der Waals surface area (Å²) in [6.45, 7) is 1.08. The molecule has 0 aromatic carbocycles. The van der Waals surface area contributed by atoms with Gasteiger partial charge in [-0.2, -0.15) is 4.98 Å². The van der Waals surface area contributed by atoms with Crippen LogP contribution in [0.4, 0.5) is 5.95 Å². The van der Waals surface area contributed by atoms with Gasteiger partial charge in [-0.1, -0.05) is 11.6 Å². The van der Waals surface area contributed by atoms with Crippen LogP contribution in [0.25, 0.3) is 5.65 Å². The number of nitrogens with one attached hydrogen (secondary N) is 2. The van der Waals surface area contributed by atoms with Crippen LogP contribution in [0.1, 0.15) is 32.1 Å². The molecule has 1 saturated carbocycles. The highest BCUT2D eigenvalue weighted by Gasteiger charge is 2.41. The molecular weight excluding hydrogens is 274 g/mol. The molecule has 1 aliphatic carbocycles. The van der Waals surface area contributed by atoms with Crippen LogP contribution in [0.3, 0.4) is 0 Å². The Kier molecular flexibility index (Phi) is 2.86. The fourth-order valence-electron chi connectivity index (χ4n) is 3.37. The van der Waals surface area contributed by atoms with Gasteiger partial charge in [-0.3, -0.25) is 0 Å². The Morgan fingerprint density at radius 1 is 1.40 bits per heavy atom. The number of fused-ring (bicyclic) bond motifs is 1. The van der Waals surface area contributed by atoms with Crippen LogP contribution in [-0.2, 0) is 0 Å². The summed E-state index contributed by atoms with van der Waals surface area (Å²) in [5.41, 5.74) is 1.21. The number of nitrogens with zero attached hydrogens (tertiary/aromatic N) is 3. The zero-order valence-electron chi connectivity index (χ0n) is 11.3. The van der Waals surface area contributed by atoms with E-state index in [2.05, 4.69) is 20.7 Å². The maximum Gasteiger partial charge on any atom is 0.243 e. The standard InChI is InChI=1S/C14H18ClN5/c15-10-2-3-12-18-13(19-20(12)9-10)17-11-4-7-16-14(8-11)5-1-6-14/h2-3,9,11,16H,1,4-8H2,(H,17,19). The van der Waals surface area contributed by atoms with Gasteiger partial charge in [0.1, 0.15) is 0 Å². The van der Waals surface area contributed by atoms with Crippen molar-refractivity contribution in [1.29, 1.82) is 0 Å². The molecule has 3 heterocycles. The van der Waals surface area contributed by atoms with Crippen molar-refractivity contribution in [1.82, 2.24) is 19.9 Å². The van der Waals surface area contributed by atoms with E-state index in [0.717, 1.165) is 18.6 Å². The number of piperidine rings is 1. The Morgan fingerprint density at radius 3 is 3.10 bits per heavy atom. The first-order chi connectivity index (χ1) is 9.72. The van der Waals surface area contributed by atoms with Gasteiger partial charge in [0.25, 0.3) is 0 Å². The van der Waals surface area contributed by atoms with E-state index in [9.17, 15) is 0 Å². The van der Waals surface area contributed by atoms with Crippen molar-refractivity contribution in [3.63, 3.8) is 0 Å². The summed E-state index contributed by atoms with van der Waals surface area (Å²) in [7, 11) is 0. The van der Waals surface area contributed by atoms with Gasteiger partial charge in [-0.25, -0.2) is 4.52 Å². The second kappa shape index (κ2) is 4.60. The van der Waals surface area contributed by atoms with Crippen molar-refractivity contribution in [3.8, 4) is 0 Å². The summed E-state index contributed by atoms with van der Waals surface area (Å²) in [6.07, 6.45) is 8.04. The fourth-order valence-corrected chi connectivity index (χ4v) is 3.52. The lowest BCUT2D eigenvalue weighted by molar-refractivity contribution is 0.135. The summed E-state index contributed by atoms with van der Waals surface area (Å²) in [5, 5.41) is 12.3. The number of hydrogen-bond donors (Lipinski definition) is 2. The van der Waals surface area contributed by atoms with E-state index in [1.165, 1.54) is 25.7 Å². The molecule has 20 heavy (non-hydrogen) atoms. The average molecular weight is 292 g/mol. The third-order valence-corrected chi connectivity index (χ3v) is 4.79. The quantitative estimate of drug-likeness (QED) is 0.892. The summed E-state index contributed by atoms with van der Waals surface area (Å²) < 4.78 is 1.73. The Balaban J connectivity index is 1.52. The number of rotatable bonds is 2. The lowest BCUT2D eigenvalue weighted by Crippen LogP contribution is -2.58. The van der Waals surface area contributed by atoms with Gasteiger partial charge in [0.05, 0.1) is 5.02 Å². The fraction of sp³-hybridized carbons (Fsp3) is 0.571. The van der Waals surface area contributed by atoms with Crippen molar-refractivity contribution in [2.24, 2.45) is 0 Å². The Hall–Kier alpha value is -1.33. The van der Waals surface area contributed by atoms with Crippen LogP contribution < -0.4 is 10.6 Å². The highest BCUT2D eigenvalue weighted by molar-refractivity contribution is 6.30. The first kappa shape index (κ1) is 12.4. The second-order valence-electron chi connectivity index (χ2n) is 5.98. The molecule has 2 N–H and O–H groups in total. The van der Waals surface area contributed by atoms with Crippen LogP contribution in [0.15, 0.2) is 18.3 Å². The Bertz CT molecular complexity index is 634. The second-order valence-corrected chi connectivity index (χ2v) is 6.42. The normalized spacial score (nSPS) is 24.8. The molecule has 2 aromatic rings. The smallest absolute Gasteiger partial charge is 0.243 e. The Morgan fingerprint density at radius 2 is 2.30 bits per heavy atom.